The molecule has 23 heavy (non-hydrogen) atoms. The maximum atomic E-state index is 9.45. The topological polar surface area (TPSA) is 45.9 Å². The molecule has 3 nitrogen and oxygen atoms in total. The second-order valence-electron chi connectivity index (χ2n) is 4.90. The summed E-state index contributed by atoms with van der Waals surface area (Å²) >= 11 is 3.12. The Labute approximate surface area is 143 Å². The number of nitriles is 1. The first kappa shape index (κ1) is 15.5. The largest absolute Gasteiger partial charge is 0.497 e. The highest BCUT2D eigenvalue weighted by molar-refractivity contribution is 7.12. The van der Waals surface area contributed by atoms with Crippen molar-refractivity contribution in [3.8, 4) is 23.1 Å². The van der Waals surface area contributed by atoms with Crippen LogP contribution in [0.2, 0.25) is 0 Å². The Balaban J connectivity index is 1.92. The van der Waals surface area contributed by atoms with E-state index in [1.54, 1.807) is 18.4 Å². The van der Waals surface area contributed by atoms with Gasteiger partial charge in [0.15, 0.2) is 0 Å². The summed E-state index contributed by atoms with van der Waals surface area (Å²) in [6.45, 7) is 2.04. The number of hydrogen-bond donors (Lipinski definition) is 0. The Kier molecular flexibility index (Phi) is 4.56. The number of thiophene rings is 1. The second kappa shape index (κ2) is 6.78. The Morgan fingerprint density at radius 1 is 1.22 bits per heavy atom. The molecule has 3 aromatic rings. The van der Waals surface area contributed by atoms with Gasteiger partial charge in [-0.1, -0.05) is 0 Å². The van der Waals surface area contributed by atoms with Crippen molar-refractivity contribution < 1.29 is 4.74 Å². The van der Waals surface area contributed by atoms with Gasteiger partial charge >= 0.3 is 0 Å². The Morgan fingerprint density at radius 2 is 2.00 bits per heavy atom. The van der Waals surface area contributed by atoms with Gasteiger partial charge in [-0.3, -0.25) is 0 Å². The highest BCUT2D eigenvalue weighted by atomic mass is 32.1. The summed E-state index contributed by atoms with van der Waals surface area (Å²) in [6.07, 6.45) is 1.91. The van der Waals surface area contributed by atoms with E-state index in [4.69, 9.17) is 4.74 Å². The molecule has 0 fully saturated rings. The average Bonchev–Trinajstić information content (AvgIpc) is 3.22. The third kappa shape index (κ3) is 3.34. The highest BCUT2D eigenvalue weighted by Gasteiger charge is 2.10. The molecule has 3 rings (SSSR count). The van der Waals surface area contributed by atoms with Crippen LogP contribution in [0.5, 0.6) is 5.75 Å². The predicted molar refractivity (Wildman–Crippen MR) is 96.6 cm³/mol. The molecular weight excluding hydrogens is 324 g/mol. The predicted octanol–water partition coefficient (Wildman–Crippen LogP) is 5.25. The zero-order chi connectivity index (χ0) is 16.2. The molecular formula is C18H14N2OS2. The van der Waals surface area contributed by atoms with E-state index < -0.39 is 0 Å². The summed E-state index contributed by atoms with van der Waals surface area (Å²) in [5.74, 6) is 0.815. The van der Waals surface area contributed by atoms with E-state index in [1.165, 1.54) is 16.9 Å². The monoisotopic (exact) mass is 338 g/mol. The zero-order valence-corrected chi connectivity index (χ0v) is 14.4. The molecule has 0 aliphatic rings. The molecule has 0 bridgehead atoms. The molecule has 0 N–H and O–H groups in total. The number of methoxy groups -OCH3 is 1. The van der Waals surface area contributed by atoms with E-state index in [1.807, 2.05) is 48.0 Å². The standard InChI is InChI=1S/C18H14N2OS2/c1-12-7-8-22-17(12)9-14(10-19)18-20-16(11-23-18)13-3-5-15(21-2)6-4-13/h3-9,11H,1-2H3/b14-9+. The van der Waals surface area contributed by atoms with Crippen molar-refractivity contribution in [2.24, 2.45) is 0 Å². The molecule has 0 saturated carbocycles. The van der Waals surface area contributed by atoms with E-state index in [9.17, 15) is 5.26 Å². The number of ether oxygens (including phenoxy) is 1. The summed E-state index contributed by atoms with van der Waals surface area (Å²) in [5.41, 5.74) is 3.66. The van der Waals surface area contributed by atoms with Gasteiger partial charge in [0.2, 0.25) is 0 Å². The molecule has 0 unspecified atom stereocenters. The van der Waals surface area contributed by atoms with Crippen LogP contribution in [0.3, 0.4) is 0 Å². The Morgan fingerprint density at radius 3 is 2.61 bits per heavy atom. The van der Waals surface area contributed by atoms with Crippen LogP contribution in [0.15, 0.2) is 41.1 Å². The minimum atomic E-state index is 0.598. The van der Waals surface area contributed by atoms with Crippen molar-refractivity contribution in [3.05, 3.63) is 56.5 Å². The smallest absolute Gasteiger partial charge is 0.134 e. The first-order valence-electron chi connectivity index (χ1n) is 6.97. The molecule has 0 spiro atoms. The van der Waals surface area contributed by atoms with Crippen molar-refractivity contribution >= 4 is 34.3 Å². The first-order valence-corrected chi connectivity index (χ1v) is 8.73. The van der Waals surface area contributed by atoms with E-state index in [0.29, 0.717) is 5.57 Å². The normalized spacial score (nSPS) is 11.3. The van der Waals surface area contributed by atoms with Crippen LogP contribution in [0.1, 0.15) is 15.4 Å². The van der Waals surface area contributed by atoms with Gasteiger partial charge in [0.05, 0.1) is 18.4 Å². The van der Waals surface area contributed by atoms with Gasteiger partial charge < -0.3 is 4.74 Å². The SMILES string of the molecule is COc1ccc(-c2csc(/C(C#N)=C/c3sccc3C)n2)cc1. The van der Waals surface area contributed by atoms with Crippen molar-refractivity contribution in [2.75, 3.05) is 7.11 Å². The third-order valence-corrected chi connectivity index (χ3v) is 5.26. The number of allylic oxidation sites excluding steroid dienone is 1. The molecule has 2 heterocycles. The fourth-order valence-corrected chi connectivity index (χ4v) is 3.75. The average molecular weight is 338 g/mol. The minimum absolute atomic E-state index is 0.598. The van der Waals surface area contributed by atoms with Crippen molar-refractivity contribution in [3.63, 3.8) is 0 Å². The maximum absolute atomic E-state index is 9.45. The summed E-state index contributed by atoms with van der Waals surface area (Å²) < 4.78 is 5.17. The van der Waals surface area contributed by atoms with E-state index >= 15 is 0 Å². The molecule has 1 aromatic carbocycles. The van der Waals surface area contributed by atoms with Crippen molar-refractivity contribution in [2.45, 2.75) is 6.92 Å². The molecule has 2 aromatic heterocycles. The van der Waals surface area contributed by atoms with Gasteiger partial charge in [-0.05, 0) is 54.3 Å². The Hall–Kier alpha value is -2.42. The Bertz CT molecular complexity index is 882. The molecule has 0 aliphatic carbocycles. The van der Waals surface area contributed by atoms with Gasteiger partial charge in [0, 0.05) is 15.8 Å². The van der Waals surface area contributed by atoms with E-state index in [0.717, 1.165) is 26.9 Å². The zero-order valence-electron chi connectivity index (χ0n) is 12.7. The molecule has 114 valence electrons. The summed E-state index contributed by atoms with van der Waals surface area (Å²) in [6, 6.07) is 12.1. The lowest BCUT2D eigenvalue weighted by Crippen LogP contribution is -1.84. The number of nitrogens with zero attached hydrogens (tertiary/aromatic N) is 2. The molecule has 0 amide bonds. The molecule has 0 aliphatic heterocycles. The van der Waals surface area contributed by atoms with Gasteiger partial charge in [0.25, 0.3) is 0 Å². The van der Waals surface area contributed by atoms with Crippen LogP contribution < -0.4 is 4.74 Å². The van der Waals surface area contributed by atoms with Gasteiger partial charge in [0.1, 0.15) is 16.8 Å². The van der Waals surface area contributed by atoms with Crippen LogP contribution in [-0.4, -0.2) is 12.1 Å². The van der Waals surface area contributed by atoms with Gasteiger partial charge in [-0.25, -0.2) is 4.98 Å². The number of thiazole rings is 1. The minimum Gasteiger partial charge on any atom is -0.497 e. The summed E-state index contributed by atoms with van der Waals surface area (Å²) in [4.78, 5) is 5.71. The fraction of sp³-hybridized carbons (Fsp3) is 0.111. The van der Waals surface area contributed by atoms with Gasteiger partial charge in [-0.15, -0.1) is 22.7 Å². The first-order chi connectivity index (χ1) is 11.2. The van der Waals surface area contributed by atoms with Crippen LogP contribution in [-0.2, 0) is 0 Å². The highest BCUT2D eigenvalue weighted by Crippen LogP contribution is 2.29. The fourth-order valence-electron chi connectivity index (χ4n) is 2.10. The van der Waals surface area contributed by atoms with Crippen LogP contribution in [0.25, 0.3) is 22.9 Å². The second-order valence-corrected chi connectivity index (χ2v) is 6.71. The van der Waals surface area contributed by atoms with Crippen LogP contribution in [0.4, 0.5) is 0 Å². The number of rotatable bonds is 4. The quantitative estimate of drug-likeness (QED) is 0.610. The third-order valence-electron chi connectivity index (χ3n) is 3.42. The van der Waals surface area contributed by atoms with E-state index in [2.05, 4.69) is 17.1 Å². The van der Waals surface area contributed by atoms with Crippen LogP contribution in [0, 0.1) is 18.3 Å². The number of aryl methyl sites for hydroxylation is 1. The van der Waals surface area contributed by atoms with E-state index in [-0.39, 0.29) is 0 Å². The summed E-state index contributed by atoms with van der Waals surface area (Å²) in [7, 11) is 1.65. The molecule has 0 saturated heterocycles. The number of aromatic nitrogens is 1. The lowest BCUT2D eigenvalue weighted by atomic mass is 10.1. The molecule has 5 heteroatoms. The molecule has 0 atom stereocenters. The lowest BCUT2D eigenvalue weighted by Gasteiger charge is -2.00. The number of benzene rings is 1. The maximum Gasteiger partial charge on any atom is 0.134 e. The molecule has 0 radical (unpaired) electrons. The summed E-state index contributed by atoms with van der Waals surface area (Å²) in [5, 5.41) is 14.2. The van der Waals surface area contributed by atoms with Crippen molar-refractivity contribution in [1.29, 1.82) is 5.26 Å². The number of hydrogen-bond acceptors (Lipinski definition) is 5. The van der Waals surface area contributed by atoms with Gasteiger partial charge in [-0.2, -0.15) is 5.26 Å². The van der Waals surface area contributed by atoms with Crippen LogP contribution >= 0.6 is 22.7 Å². The van der Waals surface area contributed by atoms with Crippen molar-refractivity contribution in [1.82, 2.24) is 4.98 Å². The lowest BCUT2D eigenvalue weighted by molar-refractivity contribution is 0.415.